The van der Waals surface area contributed by atoms with Crippen molar-refractivity contribution in [3.63, 3.8) is 0 Å². The van der Waals surface area contributed by atoms with Crippen molar-refractivity contribution >= 4 is 5.91 Å². The highest BCUT2D eigenvalue weighted by Gasteiger charge is 2.24. The van der Waals surface area contributed by atoms with Crippen molar-refractivity contribution in [1.82, 2.24) is 10.1 Å². The number of hydrogen-bond acceptors (Lipinski definition) is 5. The molecule has 27 heavy (non-hydrogen) atoms. The molecule has 0 spiro atoms. The molecule has 3 aromatic rings. The molecule has 0 saturated heterocycles. The highest BCUT2D eigenvalue weighted by Crippen LogP contribution is 2.33. The van der Waals surface area contributed by atoms with Crippen LogP contribution in [0.25, 0.3) is 11.3 Å². The molecule has 2 aromatic carbocycles. The van der Waals surface area contributed by atoms with Crippen molar-refractivity contribution in [3.05, 3.63) is 65.9 Å². The van der Waals surface area contributed by atoms with Crippen molar-refractivity contribution in [2.24, 2.45) is 0 Å². The zero-order valence-electron chi connectivity index (χ0n) is 15.1. The Kier molecular flexibility index (Phi) is 4.78. The lowest BCUT2D eigenvalue weighted by Crippen LogP contribution is -2.34. The van der Waals surface area contributed by atoms with Gasteiger partial charge >= 0.3 is 0 Å². The molecule has 2 heterocycles. The molecule has 0 fully saturated rings. The molecule has 0 atom stereocenters. The SMILES string of the molecule is COc1cccc2c1OCCCN(C(=O)c1cc(-c3ccccc3)on1)C2. The summed E-state index contributed by atoms with van der Waals surface area (Å²) in [7, 11) is 1.61. The minimum atomic E-state index is -0.156. The predicted octanol–water partition coefficient (Wildman–Crippen LogP) is 3.78. The molecule has 0 radical (unpaired) electrons. The van der Waals surface area contributed by atoms with E-state index in [4.69, 9.17) is 14.0 Å². The number of aromatic nitrogens is 1. The van der Waals surface area contributed by atoms with Gasteiger partial charge in [-0.05, 0) is 12.5 Å². The number of fused-ring (bicyclic) bond motifs is 1. The Balaban J connectivity index is 1.59. The van der Waals surface area contributed by atoms with Crippen molar-refractivity contribution in [3.8, 4) is 22.8 Å². The molecular formula is C21H20N2O4. The smallest absolute Gasteiger partial charge is 0.276 e. The van der Waals surface area contributed by atoms with E-state index in [-0.39, 0.29) is 5.91 Å². The van der Waals surface area contributed by atoms with E-state index in [1.165, 1.54) is 0 Å². The first-order chi connectivity index (χ1) is 13.3. The maximum atomic E-state index is 13.0. The van der Waals surface area contributed by atoms with E-state index in [1.54, 1.807) is 18.1 Å². The van der Waals surface area contributed by atoms with Gasteiger partial charge in [0.25, 0.3) is 5.91 Å². The normalized spacial score (nSPS) is 13.9. The minimum Gasteiger partial charge on any atom is -0.493 e. The van der Waals surface area contributed by atoms with E-state index in [0.29, 0.717) is 42.6 Å². The lowest BCUT2D eigenvalue weighted by molar-refractivity contribution is 0.0711. The molecule has 0 bridgehead atoms. The number of amides is 1. The second kappa shape index (κ2) is 7.53. The van der Waals surface area contributed by atoms with Gasteiger partial charge in [0.15, 0.2) is 23.0 Å². The summed E-state index contributed by atoms with van der Waals surface area (Å²) in [4.78, 5) is 14.8. The Morgan fingerprint density at radius 2 is 2.00 bits per heavy atom. The van der Waals surface area contributed by atoms with Crippen LogP contribution < -0.4 is 9.47 Å². The molecule has 0 unspecified atom stereocenters. The lowest BCUT2D eigenvalue weighted by atomic mass is 10.1. The molecule has 1 aliphatic heterocycles. The number of para-hydroxylation sites is 1. The van der Waals surface area contributed by atoms with Crippen molar-refractivity contribution in [2.45, 2.75) is 13.0 Å². The van der Waals surface area contributed by atoms with Crippen molar-refractivity contribution in [2.75, 3.05) is 20.3 Å². The largest absolute Gasteiger partial charge is 0.493 e. The van der Waals surface area contributed by atoms with E-state index in [9.17, 15) is 4.79 Å². The fourth-order valence-electron chi connectivity index (χ4n) is 3.17. The summed E-state index contributed by atoms with van der Waals surface area (Å²) in [5.74, 6) is 1.80. The van der Waals surface area contributed by atoms with Gasteiger partial charge in [0.1, 0.15) is 0 Å². The van der Waals surface area contributed by atoms with Gasteiger partial charge in [0.2, 0.25) is 0 Å². The van der Waals surface area contributed by atoms with Crippen LogP contribution in [0, 0.1) is 0 Å². The molecule has 1 amide bonds. The number of ether oxygens (including phenoxy) is 2. The lowest BCUT2D eigenvalue weighted by Gasteiger charge is -2.26. The molecule has 6 heteroatoms. The van der Waals surface area contributed by atoms with Gasteiger partial charge in [0.05, 0.1) is 13.7 Å². The van der Waals surface area contributed by atoms with Gasteiger partial charge in [-0.2, -0.15) is 0 Å². The molecule has 0 saturated carbocycles. The Morgan fingerprint density at radius 1 is 1.15 bits per heavy atom. The highest BCUT2D eigenvalue weighted by atomic mass is 16.5. The number of nitrogens with zero attached hydrogens (tertiary/aromatic N) is 2. The van der Waals surface area contributed by atoms with E-state index >= 15 is 0 Å². The van der Waals surface area contributed by atoms with Gasteiger partial charge in [0, 0.05) is 30.3 Å². The number of carbonyl (C=O) groups is 1. The first kappa shape index (κ1) is 17.1. The van der Waals surface area contributed by atoms with Crippen molar-refractivity contribution in [1.29, 1.82) is 0 Å². The number of rotatable bonds is 3. The van der Waals surface area contributed by atoms with Crippen LogP contribution >= 0.6 is 0 Å². The van der Waals surface area contributed by atoms with Crippen LogP contribution in [-0.2, 0) is 6.54 Å². The Bertz CT molecular complexity index is 936. The molecular weight excluding hydrogens is 344 g/mol. The fraction of sp³-hybridized carbons (Fsp3) is 0.238. The standard InChI is InChI=1S/C21H20N2O4/c1-25-18-10-5-9-16-14-23(11-6-12-26-20(16)18)21(24)17-13-19(27-22-17)15-7-3-2-4-8-15/h2-5,7-10,13H,6,11-12,14H2,1H3. The minimum absolute atomic E-state index is 0.156. The summed E-state index contributed by atoms with van der Waals surface area (Å²) in [6.45, 7) is 1.53. The molecule has 1 aromatic heterocycles. The average molecular weight is 364 g/mol. The Morgan fingerprint density at radius 3 is 2.81 bits per heavy atom. The van der Waals surface area contributed by atoms with Crippen molar-refractivity contribution < 1.29 is 18.8 Å². The van der Waals surface area contributed by atoms with Gasteiger partial charge in [-0.25, -0.2) is 0 Å². The third kappa shape index (κ3) is 3.51. The second-order valence-electron chi connectivity index (χ2n) is 6.32. The number of methoxy groups -OCH3 is 1. The van der Waals surface area contributed by atoms with Gasteiger partial charge in [-0.3, -0.25) is 4.79 Å². The summed E-state index contributed by atoms with van der Waals surface area (Å²) >= 11 is 0. The molecule has 138 valence electrons. The monoisotopic (exact) mass is 364 g/mol. The Hall–Kier alpha value is -3.28. The third-order valence-corrected chi connectivity index (χ3v) is 4.54. The van der Waals surface area contributed by atoms with E-state index < -0.39 is 0 Å². The van der Waals surface area contributed by atoms with Gasteiger partial charge in [-0.1, -0.05) is 47.6 Å². The molecule has 6 nitrogen and oxygen atoms in total. The maximum absolute atomic E-state index is 13.0. The third-order valence-electron chi connectivity index (χ3n) is 4.54. The van der Waals surface area contributed by atoms with E-state index in [0.717, 1.165) is 17.5 Å². The molecule has 1 aliphatic rings. The van der Waals surface area contributed by atoms with Gasteiger partial charge < -0.3 is 18.9 Å². The van der Waals surface area contributed by atoms with Crippen LogP contribution in [0.1, 0.15) is 22.5 Å². The average Bonchev–Trinajstić information content (AvgIpc) is 3.18. The predicted molar refractivity (Wildman–Crippen MR) is 99.8 cm³/mol. The van der Waals surface area contributed by atoms with E-state index in [2.05, 4.69) is 5.16 Å². The second-order valence-corrected chi connectivity index (χ2v) is 6.32. The van der Waals surface area contributed by atoms with E-state index in [1.807, 2.05) is 48.5 Å². The maximum Gasteiger partial charge on any atom is 0.276 e. The molecule has 0 aliphatic carbocycles. The molecule has 4 rings (SSSR count). The number of hydrogen-bond donors (Lipinski definition) is 0. The summed E-state index contributed by atoms with van der Waals surface area (Å²) in [5.41, 5.74) is 2.11. The van der Waals surface area contributed by atoms with Crippen LogP contribution in [0.3, 0.4) is 0 Å². The fourth-order valence-corrected chi connectivity index (χ4v) is 3.17. The summed E-state index contributed by atoms with van der Waals surface area (Å²) < 4.78 is 16.6. The van der Waals surface area contributed by atoms with Gasteiger partial charge in [-0.15, -0.1) is 0 Å². The zero-order chi connectivity index (χ0) is 18.6. The number of carbonyl (C=O) groups excluding carboxylic acids is 1. The first-order valence-electron chi connectivity index (χ1n) is 8.86. The van der Waals surface area contributed by atoms with Crippen LogP contribution in [0.4, 0.5) is 0 Å². The number of benzene rings is 2. The quantitative estimate of drug-likeness (QED) is 0.708. The molecule has 0 N–H and O–H groups in total. The van der Waals surface area contributed by atoms with Crippen LogP contribution in [0.5, 0.6) is 11.5 Å². The van der Waals surface area contributed by atoms with Crippen LogP contribution in [0.2, 0.25) is 0 Å². The zero-order valence-corrected chi connectivity index (χ0v) is 15.1. The van der Waals surface area contributed by atoms with Crippen LogP contribution in [0.15, 0.2) is 59.1 Å². The summed E-state index contributed by atoms with van der Waals surface area (Å²) in [6, 6.07) is 17.0. The highest BCUT2D eigenvalue weighted by molar-refractivity contribution is 5.93. The van der Waals surface area contributed by atoms with Crippen LogP contribution in [-0.4, -0.2) is 36.2 Å². The Labute approximate surface area is 157 Å². The first-order valence-corrected chi connectivity index (χ1v) is 8.86. The topological polar surface area (TPSA) is 64.8 Å². The summed E-state index contributed by atoms with van der Waals surface area (Å²) in [6.07, 6.45) is 0.729. The summed E-state index contributed by atoms with van der Waals surface area (Å²) in [5, 5.41) is 3.99.